The molecule has 0 bridgehead atoms. The van der Waals surface area contributed by atoms with E-state index in [9.17, 15) is 33.1 Å². The first-order chi connectivity index (χ1) is 15.5. The molecule has 0 radical (unpaired) electrons. The van der Waals surface area contributed by atoms with E-state index in [0.29, 0.717) is 6.54 Å². The predicted molar refractivity (Wildman–Crippen MR) is 123 cm³/mol. The minimum atomic E-state index is -4.63. The van der Waals surface area contributed by atoms with E-state index in [-0.39, 0.29) is 11.3 Å². The van der Waals surface area contributed by atoms with Crippen molar-refractivity contribution in [2.24, 2.45) is 10.2 Å². The van der Waals surface area contributed by atoms with Crippen molar-refractivity contribution < 1.29 is 33.1 Å². The molecule has 2 aromatic rings. The summed E-state index contributed by atoms with van der Waals surface area (Å²) >= 11 is 5.76. The lowest BCUT2D eigenvalue weighted by atomic mass is 10.1. The summed E-state index contributed by atoms with van der Waals surface area (Å²) in [6.07, 6.45) is 6.30. The second-order valence-corrected chi connectivity index (χ2v) is 9.16. The molecule has 180 valence electrons. The zero-order valence-corrected chi connectivity index (χ0v) is 19.5. The van der Waals surface area contributed by atoms with Crippen LogP contribution < -0.4 is 5.32 Å². The number of amides is 1. The van der Waals surface area contributed by atoms with Gasteiger partial charge in [0.15, 0.2) is 5.75 Å². The number of phenolic OH excluding ortho intramolecular Hbond substituents is 3. The van der Waals surface area contributed by atoms with Crippen LogP contribution in [-0.2, 0) is 10.1 Å². The molecule has 0 aromatic heterocycles. The minimum Gasteiger partial charge on any atom is -0.507 e. The number of aromatic hydroxyl groups is 3. The van der Waals surface area contributed by atoms with Gasteiger partial charge in [-0.1, -0.05) is 50.6 Å². The summed E-state index contributed by atoms with van der Waals surface area (Å²) in [7, 11) is -4.63. The number of nitrogens with one attached hydrogen (secondary N) is 1. The van der Waals surface area contributed by atoms with Crippen LogP contribution in [0.5, 0.6) is 17.2 Å². The van der Waals surface area contributed by atoms with Crippen LogP contribution in [0.25, 0.3) is 0 Å². The van der Waals surface area contributed by atoms with Gasteiger partial charge in [-0.3, -0.25) is 9.35 Å². The lowest BCUT2D eigenvalue weighted by molar-refractivity contribution is 0.0950. The monoisotopic (exact) mass is 499 g/mol. The van der Waals surface area contributed by atoms with Crippen LogP contribution >= 0.6 is 11.6 Å². The van der Waals surface area contributed by atoms with Crippen molar-refractivity contribution >= 4 is 39.0 Å². The van der Waals surface area contributed by atoms with E-state index in [1.165, 1.54) is 6.42 Å². The number of nitrogens with zero attached hydrogens (tertiary/aromatic N) is 2. The van der Waals surface area contributed by atoms with Crippen molar-refractivity contribution in [2.45, 2.75) is 50.3 Å². The quantitative estimate of drug-likeness (QED) is 0.160. The molecular formula is C21H26ClN3O7S. The van der Waals surface area contributed by atoms with Gasteiger partial charge >= 0.3 is 0 Å². The summed E-state index contributed by atoms with van der Waals surface area (Å²) in [4.78, 5) is 11.8. The summed E-state index contributed by atoms with van der Waals surface area (Å²) in [5, 5.41) is 39.7. The number of rotatable bonds is 11. The fourth-order valence-corrected chi connectivity index (χ4v) is 3.73. The number of unbranched alkanes of at least 4 members (excludes halogenated alkanes) is 5. The zero-order valence-electron chi connectivity index (χ0n) is 18.0. The van der Waals surface area contributed by atoms with E-state index >= 15 is 0 Å². The lowest BCUT2D eigenvalue weighted by Gasteiger charge is -2.09. The van der Waals surface area contributed by atoms with E-state index in [0.717, 1.165) is 56.4 Å². The van der Waals surface area contributed by atoms with Gasteiger partial charge in [0.05, 0.1) is 15.5 Å². The molecule has 10 nitrogen and oxygen atoms in total. The van der Waals surface area contributed by atoms with Crippen LogP contribution in [0.4, 0.5) is 11.4 Å². The highest BCUT2D eigenvalue weighted by atomic mass is 35.5. The van der Waals surface area contributed by atoms with Gasteiger partial charge in [-0.2, -0.15) is 8.42 Å². The minimum absolute atomic E-state index is 0.151. The molecule has 0 aliphatic heterocycles. The Bertz CT molecular complexity index is 1140. The number of azo groups is 1. The number of halogens is 1. The first-order valence-electron chi connectivity index (χ1n) is 10.3. The molecule has 0 unspecified atom stereocenters. The maximum atomic E-state index is 12.4. The molecule has 0 saturated heterocycles. The average Bonchev–Trinajstić information content (AvgIpc) is 2.74. The van der Waals surface area contributed by atoms with Crippen molar-refractivity contribution in [3.63, 3.8) is 0 Å². The number of hydrogen-bond donors (Lipinski definition) is 5. The number of benzene rings is 2. The van der Waals surface area contributed by atoms with Gasteiger partial charge < -0.3 is 20.6 Å². The van der Waals surface area contributed by atoms with Crippen LogP contribution in [0.3, 0.4) is 0 Å². The molecule has 0 saturated carbocycles. The first-order valence-corrected chi connectivity index (χ1v) is 12.1. The number of carbonyl (C=O) groups excluding carboxylic acids is 1. The average molecular weight is 500 g/mol. The standard InChI is InChI=1S/C21H26ClN3O7S/c1-2-3-4-5-6-7-8-23-21(29)14-11-16(19(27)12-18(14)26)24-25-17-10-13(33(30,31)32)9-15(22)20(17)28/h9-12,26-28H,2-8H2,1H3,(H,23,29)(H,30,31,32). The summed E-state index contributed by atoms with van der Waals surface area (Å²) in [5.41, 5.74) is -0.788. The van der Waals surface area contributed by atoms with Gasteiger partial charge in [-0.15, -0.1) is 10.2 Å². The Hall–Kier alpha value is -2.89. The van der Waals surface area contributed by atoms with Crippen molar-refractivity contribution in [1.82, 2.24) is 5.32 Å². The topological polar surface area (TPSA) is 169 Å². The highest BCUT2D eigenvalue weighted by Crippen LogP contribution is 2.39. The van der Waals surface area contributed by atoms with Gasteiger partial charge in [0.1, 0.15) is 22.9 Å². The Morgan fingerprint density at radius 2 is 1.58 bits per heavy atom. The molecule has 0 spiro atoms. The molecule has 12 heteroatoms. The molecule has 0 atom stereocenters. The van der Waals surface area contributed by atoms with E-state index in [1.54, 1.807) is 0 Å². The number of carbonyl (C=O) groups is 1. The van der Waals surface area contributed by atoms with Crippen LogP contribution in [0.2, 0.25) is 5.02 Å². The van der Waals surface area contributed by atoms with Gasteiger partial charge in [0.2, 0.25) is 0 Å². The number of phenols is 3. The fraction of sp³-hybridized carbons (Fsp3) is 0.381. The smallest absolute Gasteiger partial charge is 0.294 e. The summed E-state index contributed by atoms with van der Waals surface area (Å²) in [6.45, 7) is 2.55. The third kappa shape index (κ3) is 7.58. The van der Waals surface area contributed by atoms with Crippen molar-refractivity contribution in [2.75, 3.05) is 6.54 Å². The van der Waals surface area contributed by atoms with Crippen LogP contribution in [0, 0.1) is 0 Å². The third-order valence-corrected chi connectivity index (χ3v) is 5.85. The van der Waals surface area contributed by atoms with Crippen molar-refractivity contribution in [3.05, 3.63) is 34.9 Å². The molecule has 5 N–H and O–H groups in total. The normalized spacial score (nSPS) is 11.7. The molecule has 2 aromatic carbocycles. The Labute approximate surface area is 196 Å². The van der Waals surface area contributed by atoms with Crippen LogP contribution in [0.1, 0.15) is 55.8 Å². The van der Waals surface area contributed by atoms with Crippen LogP contribution in [0.15, 0.2) is 39.4 Å². The zero-order chi connectivity index (χ0) is 24.6. The van der Waals surface area contributed by atoms with Crippen LogP contribution in [-0.4, -0.2) is 40.7 Å². The Morgan fingerprint density at radius 1 is 0.939 bits per heavy atom. The summed E-state index contributed by atoms with van der Waals surface area (Å²) in [6, 6.07) is 3.66. The SMILES string of the molecule is CCCCCCCCNC(=O)c1cc(N=Nc2cc(S(=O)(=O)O)cc(Cl)c2O)c(O)cc1O. The molecule has 0 aliphatic rings. The van der Waals surface area contributed by atoms with Gasteiger partial charge in [0, 0.05) is 12.6 Å². The largest absolute Gasteiger partial charge is 0.507 e. The molecule has 0 fully saturated rings. The molecule has 2 rings (SSSR count). The van der Waals surface area contributed by atoms with Crippen molar-refractivity contribution in [1.29, 1.82) is 0 Å². The van der Waals surface area contributed by atoms with E-state index in [4.69, 9.17) is 11.6 Å². The molecule has 0 aliphatic carbocycles. The molecule has 33 heavy (non-hydrogen) atoms. The first kappa shape index (κ1) is 26.4. The van der Waals surface area contributed by atoms with Gasteiger partial charge in [-0.05, 0) is 24.6 Å². The Kier molecular flexibility index (Phi) is 9.44. The molecular weight excluding hydrogens is 474 g/mol. The second kappa shape index (κ2) is 11.8. The molecule has 0 heterocycles. The van der Waals surface area contributed by atoms with E-state index < -0.39 is 48.9 Å². The Morgan fingerprint density at radius 3 is 2.24 bits per heavy atom. The highest BCUT2D eigenvalue weighted by Gasteiger charge is 2.18. The second-order valence-electron chi connectivity index (χ2n) is 7.33. The van der Waals surface area contributed by atoms with E-state index in [2.05, 4.69) is 22.5 Å². The lowest BCUT2D eigenvalue weighted by Crippen LogP contribution is -2.24. The highest BCUT2D eigenvalue weighted by molar-refractivity contribution is 7.85. The van der Waals surface area contributed by atoms with Crippen molar-refractivity contribution in [3.8, 4) is 17.2 Å². The Balaban J connectivity index is 2.18. The maximum absolute atomic E-state index is 12.4. The fourth-order valence-electron chi connectivity index (χ4n) is 2.92. The number of hydrogen-bond acceptors (Lipinski definition) is 8. The van der Waals surface area contributed by atoms with Gasteiger partial charge in [-0.25, -0.2) is 0 Å². The maximum Gasteiger partial charge on any atom is 0.294 e. The summed E-state index contributed by atoms with van der Waals surface area (Å²) in [5.74, 6) is -2.16. The predicted octanol–water partition coefficient (Wildman–Crippen LogP) is 5.21. The third-order valence-electron chi connectivity index (χ3n) is 4.73. The molecule has 1 amide bonds. The summed E-state index contributed by atoms with van der Waals surface area (Å²) < 4.78 is 31.9. The van der Waals surface area contributed by atoms with Gasteiger partial charge in [0.25, 0.3) is 16.0 Å². The van der Waals surface area contributed by atoms with E-state index in [1.807, 2.05) is 0 Å².